The maximum absolute atomic E-state index is 9.43. The highest BCUT2D eigenvalue weighted by atomic mass is 16.3. The summed E-state index contributed by atoms with van der Waals surface area (Å²) in [6.45, 7) is 5.70. The molecule has 2 saturated heterocycles. The van der Waals surface area contributed by atoms with Crippen LogP contribution in [0, 0.1) is 5.92 Å². The number of likely N-dealkylation sites (tertiary alicyclic amines) is 2. The van der Waals surface area contributed by atoms with Crippen molar-refractivity contribution in [3.05, 3.63) is 0 Å². The van der Waals surface area contributed by atoms with Crippen molar-refractivity contribution in [3.63, 3.8) is 0 Å². The van der Waals surface area contributed by atoms with E-state index in [0.29, 0.717) is 0 Å². The molecule has 0 bridgehead atoms. The first kappa shape index (κ1) is 10.4. The van der Waals surface area contributed by atoms with Crippen molar-refractivity contribution in [2.24, 2.45) is 5.92 Å². The van der Waals surface area contributed by atoms with Crippen molar-refractivity contribution in [2.45, 2.75) is 25.4 Å². The van der Waals surface area contributed by atoms with Gasteiger partial charge in [0.15, 0.2) is 0 Å². The first-order chi connectivity index (χ1) is 6.74. The molecule has 0 aromatic rings. The maximum Gasteiger partial charge on any atom is 0.0679 e. The van der Waals surface area contributed by atoms with Crippen molar-refractivity contribution >= 4 is 0 Å². The Morgan fingerprint density at radius 1 is 1.21 bits per heavy atom. The van der Waals surface area contributed by atoms with Crippen LogP contribution in [-0.2, 0) is 0 Å². The number of β-amino-alcohol motifs (C(OH)–C–C–N with tert-alkyl or cyclic N) is 1. The SMILES string of the molecule is CN1CCCC(CN2CCC(O)C2)C1. The van der Waals surface area contributed by atoms with E-state index in [9.17, 15) is 5.11 Å². The summed E-state index contributed by atoms with van der Waals surface area (Å²) >= 11 is 0. The molecule has 0 spiro atoms. The average molecular weight is 198 g/mol. The molecule has 2 aliphatic rings. The zero-order valence-corrected chi connectivity index (χ0v) is 9.15. The number of aliphatic hydroxyl groups is 1. The summed E-state index contributed by atoms with van der Waals surface area (Å²) in [4.78, 5) is 4.86. The lowest BCUT2D eigenvalue weighted by molar-refractivity contribution is 0.144. The zero-order valence-electron chi connectivity index (χ0n) is 9.15. The zero-order chi connectivity index (χ0) is 9.97. The van der Waals surface area contributed by atoms with Gasteiger partial charge in [0.25, 0.3) is 0 Å². The normalized spacial score (nSPS) is 36.4. The van der Waals surface area contributed by atoms with Crippen LogP contribution in [0.3, 0.4) is 0 Å². The topological polar surface area (TPSA) is 26.7 Å². The third kappa shape index (κ3) is 2.69. The summed E-state index contributed by atoms with van der Waals surface area (Å²) < 4.78 is 0. The molecule has 0 radical (unpaired) electrons. The van der Waals surface area contributed by atoms with Crippen molar-refractivity contribution < 1.29 is 5.11 Å². The number of nitrogens with zero attached hydrogens (tertiary/aromatic N) is 2. The van der Waals surface area contributed by atoms with Crippen LogP contribution in [0.15, 0.2) is 0 Å². The molecule has 1 N–H and O–H groups in total. The summed E-state index contributed by atoms with van der Waals surface area (Å²) in [5, 5.41) is 9.43. The number of hydrogen-bond acceptors (Lipinski definition) is 3. The van der Waals surface area contributed by atoms with Gasteiger partial charge in [-0.2, -0.15) is 0 Å². The monoisotopic (exact) mass is 198 g/mol. The molecule has 2 atom stereocenters. The van der Waals surface area contributed by atoms with Gasteiger partial charge in [-0.25, -0.2) is 0 Å². The lowest BCUT2D eigenvalue weighted by atomic mass is 9.98. The number of rotatable bonds is 2. The van der Waals surface area contributed by atoms with Crippen LogP contribution in [0.1, 0.15) is 19.3 Å². The van der Waals surface area contributed by atoms with E-state index in [1.165, 1.54) is 32.5 Å². The summed E-state index contributed by atoms with van der Waals surface area (Å²) in [5.41, 5.74) is 0. The molecule has 14 heavy (non-hydrogen) atoms. The summed E-state index contributed by atoms with van der Waals surface area (Å²) in [7, 11) is 2.21. The molecule has 0 aromatic heterocycles. The van der Waals surface area contributed by atoms with E-state index < -0.39 is 0 Å². The van der Waals surface area contributed by atoms with Crippen LogP contribution >= 0.6 is 0 Å². The molecule has 2 fully saturated rings. The quantitative estimate of drug-likeness (QED) is 0.695. The second kappa shape index (κ2) is 4.60. The van der Waals surface area contributed by atoms with Gasteiger partial charge in [0.2, 0.25) is 0 Å². The van der Waals surface area contributed by atoms with Crippen LogP contribution in [0.2, 0.25) is 0 Å². The van der Waals surface area contributed by atoms with Crippen LogP contribution in [0.25, 0.3) is 0 Å². The van der Waals surface area contributed by atoms with Crippen molar-refractivity contribution in [1.29, 1.82) is 0 Å². The highest BCUT2D eigenvalue weighted by Crippen LogP contribution is 2.18. The highest BCUT2D eigenvalue weighted by Gasteiger charge is 2.24. The van der Waals surface area contributed by atoms with Gasteiger partial charge < -0.3 is 14.9 Å². The Balaban J connectivity index is 1.74. The average Bonchev–Trinajstić information content (AvgIpc) is 2.51. The second-order valence-electron chi connectivity index (χ2n) is 4.97. The maximum atomic E-state index is 9.43. The Morgan fingerprint density at radius 2 is 2.07 bits per heavy atom. The van der Waals surface area contributed by atoms with Gasteiger partial charge in [-0.1, -0.05) is 0 Å². The van der Waals surface area contributed by atoms with Crippen molar-refractivity contribution in [2.75, 3.05) is 39.8 Å². The fourth-order valence-electron chi connectivity index (χ4n) is 2.77. The highest BCUT2D eigenvalue weighted by molar-refractivity contribution is 4.79. The lowest BCUT2D eigenvalue weighted by Gasteiger charge is -2.32. The molecule has 0 aromatic carbocycles. The predicted octanol–water partition coefficient (Wildman–Crippen LogP) is 0.395. The van der Waals surface area contributed by atoms with Crippen LogP contribution in [0.5, 0.6) is 0 Å². The van der Waals surface area contributed by atoms with Gasteiger partial charge >= 0.3 is 0 Å². The van der Waals surface area contributed by atoms with Gasteiger partial charge in [-0.15, -0.1) is 0 Å². The molecule has 2 rings (SSSR count). The van der Waals surface area contributed by atoms with E-state index in [1.54, 1.807) is 0 Å². The van der Waals surface area contributed by atoms with E-state index in [1.807, 2.05) is 0 Å². The smallest absolute Gasteiger partial charge is 0.0679 e. The Labute approximate surface area is 86.7 Å². The molecule has 2 unspecified atom stereocenters. The second-order valence-corrected chi connectivity index (χ2v) is 4.97. The molecule has 82 valence electrons. The number of aliphatic hydroxyl groups excluding tert-OH is 1. The third-order valence-corrected chi connectivity index (χ3v) is 3.49. The minimum atomic E-state index is -0.0590. The first-order valence-corrected chi connectivity index (χ1v) is 5.83. The summed E-state index contributed by atoms with van der Waals surface area (Å²) in [6.07, 6.45) is 3.63. The molecule has 0 saturated carbocycles. The fraction of sp³-hybridized carbons (Fsp3) is 1.00. The Morgan fingerprint density at radius 3 is 2.71 bits per heavy atom. The van der Waals surface area contributed by atoms with Crippen LogP contribution in [0.4, 0.5) is 0 Å². The standard InChI is InChI=1S/C11H22N2O/c1-12-5-2-3-10(7-12)8-13-6-4-11(14)9-13/h10-11,14H,2-9H2,1H3. The number of hydrogen-bond donors (Lipinski definition) is 1. The largest absolute Gasteiger partial charge is 0.392 e. The van der Waals surface area contributed by atoms with Crippen molar-refractivity contribution in [1.82, 2.24) is 9.80 Å². The number of piperidine rings is 1. The molecule has 0 amide bonds. The van der Waals surface area contributed by atoms with Gasteiger partial charge in [0.1, 0.15) is 0 Å². The molecule has 0 aliphatic carbocycles. The van der Waals surface area contributed by atoms with Crippen molar-refractivity contribution in [3.8, 4) is 0 Å². The summed E-state index contributed by atoms with van der Waals surface area (Å²) in [5.74, 6) is 0.832. The van der Waals surface area contributed by atoms with Crippen LogP contribution in [-0.4, -0.2) is 60.8 Å². The Hall–Kier alpha value is -0.120. The Bertz CT molecular complexity index is 186. The summed E-state index contributed by atoms with van der Waals surface area (Å²) in [6, 6.07) is 0. The fourth-order valence-corrected chi connectivity index (χ4v) is 2.77. The minimum Gasteiger partial charge on any atom is -0.392 e. The molecule has 2 aliphatic heterocycles. The first-order valence-electron chi connectivity index (χ1n) is 5.83. The van der Waals surface area contributed by atoms with E-state index in [2.05, 4.69) is 16.8 Å². The molecule has 3 nitrogen and oxygen atoms in total. The van der Waals surface area contributed by atoms with E-state index in [4.69, 9.17) is 0 Å². The van der Waals surface area contributed by atoms with Gasteiger partial charge in [0, 0.05) is 26.2 Å². The van der Waals surface area contributed by atoms with Gasteiger partial charge in [0.05, 0.1) is 6.10 Å². The minimum absolute atomic E-state index is 0.0590. The van der Waals surface area contributed by atoms with E-state index in [-0.39, 0.29) is 6.10 Å². The molecular weight excluding hydrogens is 176 g/mol. The lowest BCUT2D eigenvalue weighted by Crippen LogP contribution is -2.38. The third-order valence-electron chi connectivity index (χ3n) is 3.49. The molecule has 2 heterocycles. The predicted molar refractivity (Wildman–Crippen MR) is 57.3 cm³/mol. The van der Waals surface area contributed by atoms with Crippen LogP contribution < -0.4 is 0 Å². The Kier molecular flexibility index (Phi) is 3.42. The van der Waals surface area contributed by atoms with Gasteiger partial charge in [-0.3, -0.25) is 0 Å². The van der Waals surface area contributed by atoms with Gasteiger partial charge in [-0.05, 0) is 38.8 Å². The van der Waals surface area contributed by atoms with E-state index in [0.717, 1.165) is 25.4 Å². The van der Waals surface area contributed by atoms with E-state index >= 15 is 0 Å². The molecule has 3 heteroatoms. The molecular formula is C11H22N2O.